The van der Waals surface area contributed by atoms with Crippen molar-refractivity contribution in [2.45, 2.75) is 64.3 Å². The first-order valence-electron chi connectivity index (χ1n) is 6.47. The standard InChI is InChI=1S/C12H24N2O4S2/c1-7(2)17-13-11(15)9(5)19-20-10(6)12(16)14-18-8(3)4/h7-10H,1-6H3,(H,13,15)(H,14,16). The summed E-state index contributed by atoms with van der Waals surface area (Å²) in [4.78, 5) is 33.3. The molecule has 0 bridgehead atoms. The highest BCUT2D eigenvalue weighted by Gasteiger charge is 2.20. The Morgan fingerprint density at radius 2 is 1.05 bits per heavy atom. The van der Waals surface area contributed by atoms with Crippen molar-refractivity contribution < 1.29 is 19.3 Å². The summed E-state index contributed by atoms with van der Waals surface area (Å²) in [6, 6.07) is 0. The maximum Gasteiger partial charge on any atom is 0.257 e. The molecular formula is C12H24N2O4S2. The fourth-order valence-corrected chi connectivity index (χ4v) is 2.90. The fourth-order valence-electron chi connectivity index (χ4n) is 0.772. The van der Waals surface area contributed by atoms with Crippen LogP contribution in [0.4, 0.5) is 0 Å². The van der Waals surface area contributed by atoms with Gasteiger partial charge in [0.15, 0.2) is 0 Å². The quantitative estimate of drug-likeness (QED) is 0.499. The largest absolute Gasteiger partial charge is 0.271 e. The summed E-state index contributed by atoms with van der Waals surface area (Å²) in [6.45, 7) is 10.8. The van der Waals surface area contributed by atoms with Crippen molar-refractivity contribution >= 4 is 33.4 Å². The Balaban J connectivity index is 3.95. The fraction of sp³-hybridized carbons (Fsp3) is 0.833. The van der Waals surface area contributed by atoms with Crippen LogP contribution in [0.2, 0.25) is 0 Å². The van der Waals surface area contributed by atoms with Crippen LogP contribution in [0, 0.1) is 0 Å². The molecule has 0 heterocycles. The maximum absolute atomic E-state index is 11.6. The number of carbonyl (C=O) groups excluding carboxylic acids is 2. The average Bonchev–Trinajstić information content (AvgIpc) is 2.38. The van der Waals surface area contributed by atoms with E-state index >= 15 is 0 Å². The monoisotopic (exact) mass is 324 g/mol. The zero-order valence-corrected chi connectivity index (χ0v) is 14.4. The Labute approximate surface area is 128 Å². The number of hydrogen-bond donors (Lipinski definition) is 2. The summed E-state index contributed by atoms with van der Waals surface area (Å²) in [6.07, 6.45) is -0.136. The molecule has 2 unspecified atom stereocenters. The molecule has 0 aliphatic rings. The molecule has 0 aliphatic carbocycles. The van der Waals surface area contributed by atoms with Gasteiger partial charge >= 0.3 is 0 Å². The van der Waals surface area contributed by atoms with Crippen molar-refractivity contribution in [2.75, 3.05) is 0 Å². The highest BCUT2D eigenvalue weighted by Crippen LogP contribution is 2.31. The minimum Gasteiger partial charge on any atom is -0.271 e. The highest BCUT2D eigenvalue weighted by molar-refractivity contribution is 8.77. The molecule has 0 radical (unpaired) electrons. The molecular weight excluding hydrogens is 300 g/mol. The number of rotatable bonds is 9. The molecule has 2 atom stereocenters. The molecule has 8 heteroatoms. The third kappa shape index (κ3) is 9.46. The molecule has 0 aromatic carbocycles. The van der Waals surface area contributed by atoms with E-state index in [0.717, 1.165) is 0 Å². The SMILES string of the molecule is CC(C)ONC(=O)C(C)SSC(C)C(=O)NOC(C)C. The number of hydrogen-bond acceptors (Lipinski definition) is 6. The summed E-state index contributed by atoms with van der Waals surface area (Å²) in [5, 5.41) is -0.639. The first-order chi connectivity index (χ1) is 9.23. The van der Waals surface area contributed by atoms with Crippen molar-refractivity contribution in [2.24, 2.45) is 0 Å². The van der Waals surface area contributed by atoms with Crippen molar-refractivity contribution in [3.8, 4) is 0 Å². The summed E-state index contributed by atoms with van der Waals surface area (Å²) in [5.74, 6) is -0.440. The maximum atomic E-state index is 11.6. The van der Waals surface area contributed by atoms with Gasteiger partial charge in [-0.05, 0) is 41.5 Å². The molecule has 0 aromatic rings. The number of carbonyl (C=O) groups is 2. The van der Waals surface area contributed by atoms with Gasteiger partial charge in [-0.15, -0.1) is 0 Å². The lowest BCUT2D eigenvalue weighted by Crippen LogP contribution is -2.34. The first kappa shape index (κ1) is 19.6. The lowest BCUT2D eigenvalue weighted by atomic mass is 10.4. The van der Waals surface area contributed by atoms with E-state index in [0.29, 0.717) is 0 Å². The van der Waals surface area contributed by atoms with Gasteiger partial charge in [0.05, 0.1) is 22.7 Å². The molecule has 0 aromatic heterocycles. The molecule has 2 amide bonds. The van der Waals surface area contributed by atoms with Crippen LogP contribution in [0.5, 0.6) is 0 Å². The lowest BCUT2D eigenvalue weighted by molar-refractivity contribution is -0.136. The van der Waals surface area contributed by atoms with Crippen molar-refractivity contribution in [1.82, 2.24) is 11.0 Å². The Morgan fingerprint density at radius 3 is 1.30 bits per heavy atom. The summed E-state index contributed by atoms with van der Waals surface area (Å²) >= 11 is 0. The van der Waals surface area contributed by atoms with Crippen LogP contribution in [0.25, 0.3) is 0 Å². The van der Waals surface area contributed by atoms with Crippen LogP contribution in [0.15, 0.2) is 0 Å². The molecule has 118 valence electrons. The second kappa shape index (κ2) is 10.3. The summed E-state index contributed by atoms with van der Waals surface area (Å²) in [5.41, 5.74) is 4.75. The predicted octanol–water partition coefficient (Wildman–Crippen LogP) is 2.06. The van der Waals surface area contributed by atoms with E-state index in [1.54, 1.807) is 13.8 Å². The first-order valence-corrected chi connectivity index (χ1v) is 8.74. The average molecular weight is 324 g/mol. The molecule has 20 heavy (non-hydrogen) atoms. The molecule has 6 nitrogen and oxygen atoms in total. The van der Waals surface area contributed by atoms with Gasteiger partial charge in [-0.1, -0.05) is 21.6 Å². The number of hydroxylamine groups is 2. The zero-order valence-electron chi connectivity index (χ0n) is 12.8. The Kier molecular flexibility index (Phi) is 10.1. The molecule has 0 aliphatic heterocycles. The molecule has 0 spiro atoms. The lowest BCUT2D eigenvalue weighted by Gasteiger charge is -2.16. The molecule has 0 fully saturated rings. The third-order valence-corrected chi connectivity index (χ3v) is 5.06. The Bertz CT molecular complexity index is 284. The van der Waals surface area contributed by atoms with Crippen LogP contribution in [-0.4, -0.2) is 34.5 Å². The van der Waals surface area contributed by atoms with Gasteiger partial charge in [0, 0.05) is 0 Å². The van der Waals surface area contributed by atoms with Crippen LogP contribution in [-0.2, 0) is 19.3 Å². The van der Waals surface area contributed by atoms with Crippen LogP contribution < -0.4 is 11.0 Å². The van der Waals surface area contributed by atoms with E-state index in [9.17, 15) is 9.59 Å². The molecule has 0 saturated carbocycles. The van der Waals surface area contributed by atoms with Crippen LogP contribution >= 0.6 is 21.6 Å². The zero-order chi connectivity index (χ0) is 15.7. The van der Waals surface area contributed by atoms with Crippen molar-refractivity contribution in [3.05, 3.63) is 0 Å². The Morgan fingerprint density at radius 1 is 0.750 bits per heavy atom. The van der Waals surface area contributed by atoms with Gasteiger partial charge in [-0.25, -0.2) is 11.0 Å². The minimum atomic E-state index is -0.319. The van der Waals surface area contributed by atoms with Gasteiger partial charge in [0.25, 0.3) is 11.8 Å². The third-order valence-electron chi connectivity index (χ3n) is 1.87. The number of amides is 2. The van der Waals surface area contributed by atoms with Gasteiger partial charge in [-0.2, -0.15) is 0 Å². The topological polar surface area (TPSA) is 76.7 Å². The van der Waals surface area contributed by atoms with E-state index < -0.39 is 0 Å². The molecule has 0 rings (SSSR count). The number of nitrogens with one attached hydrogen (secondary N) is 2. The summed E-state index contributed by atoms with van der Waals surface area (Å²) < 4.78 is 0. The second-order valence-corrected chi connectivity index (χ2v) is 7.70. The Hall–Kier alpha value is -0.440. The second-order valence-electron chi connectivity index (χ2n) is 4.74. The van der Waals surface area contributed by atoms with E-state index in [-0.39, 0.29) is 34.5 Å². The van der Waals surface area contributed by atoms with Crippen LogP contribution in [0.3, 0.4) is 0 Å². The van der Waals surface area contributed by atoms with Crippen molar-refractivity contribution in [3.63, 3.8) is 0 Å². The van der Waals surface area contributed by atoms with E-state index in [1.165, 1.54) is 21.6 Å². The smallest absolute Gasteiger partial charge is 0.257 e. The highest BCUT2D eigenvalue weighted by atomic mass is 33.1. The molecule has 0 saturated heterocycles. The van der Waals surface area contributed by atoms with Crippen LogP contribution in [0.1, 0.15) is 41.5 Å². The van der Waals surface area contributed by atoms with E-state index in [2.05, 4.69) is 11.0 Å². The van der Waals surface area contributed by atoms with E-state index in [4.69, 9.17) is 9.68 Å². The van der Waals surface area contributed by atoms with Gasteiger partial charge < -0.3 is 0 Å². The predicted molar refractivity (Wildman–Crippen MR) is 82.8 cm³/mol. The van der Waals surface area contributed by atoms with Gasteiger partial charge in [0.1, 0.15) is 0 Å². The normalized spacial score (nSPS) is 14.2. The van der Waals surface area contributed by atoms with E-state index in [1.807, 2.05) is 27.7 Å². The van der Waals surface area contributed by atoms with Gasteiger partial charge in [-0.3, -0.25) is 19.3 Å². The van der Waals surface area contributed by atoms with Gasteiger partial charge in [0.2, 0.25) is 0 Å². The summed E-state index contributed by atoms with van der Waals surface area (Å²) in [7, 11) is 2.63. The molecule has 2 N–H and O–H groups in total. The van der Waals surface area contributed by atoms with Crippen molar-refractivity contribution in [1.29, 1.82) is 0 Å². The minimum absolute atomic E-state index is 0.0679.